The Labute approximate surface area is 200 Å². The zero-order chi connectivity index (χ0) is 24.4. The number of benzene rings is 3. The smallest absolute Gasteiger partial charge is 0.333 e. The summed E-state index contributed by atoms with van der Waals surface area (Å²) in [6.07, 6.45) is 1.41. The Hall–Kier alpha value is -4.46. The Morgan fingerprint density at radius 2 is 1.63 bits per heavy atom. The molecule has 8 nitrogen and oxygen atoms in total. The maximum absolute atomic E-state index is 13.2. The van der Waals surface area contributed by atoms with Gasteiger partial charge in [0.15, 0.2) is 0 Å². The van der Waals surface area contributed by atoms with Crippen molar-refractivity contribution in [3.05, 3.63) is 105 Å². The molecule has 5 rings (SSSR count). The second-order valence-electron chi connectivity index (χ2n) is 8.61. The lowest BCUT2D eigenvalue weighted by Gasteiger charge is -2.32. The molecule has 2 heterocycles. The highest BCUT2D eigenvalue weighted by Gasteiger charge is 2.29. The SMILES string of the molecule is O=C(Nc1ccccc1)[C@@H]1CCCN(C(=O)c2ccc3c(=O)n(-c4ccccc4)c(=O)[nH]c3c2)C1. The standard InChI is InChI=1S/C27H24N4O4/c32-24(28-20-9-3-1-4-10-20)19-8-7-15-30(17-19)25(33)18-13-14-22-23(16-18)29-27(35)31(26(22)34)21-11-5-2-6-12-21/h1-6,9-14,16,19H,7-8,15,17H2,(H,28,32)(H,29,35)/t19-/m1/s1. The number of nitrogens with one attached hydrogen (secondary N) is 2. The molecule has 1 aliphatic heterocycles. The van der Waals surface area contributed by atoms with Crippen LogP contribution < -0.4 is 16.6 Å². The van der Waals surface area contributed by atoms with Gasteiger partial charge < -0.3 is 15.2 Å². The Kier molecular flexibility index (Phi) is 6.01. The third kappa shape index (κ3) is 4.50. The van der Waals surface area contributed by atoms with Gasteiger partial charge in [0, 0.05) is 24.3 Å². The minimum absolute atomic E-state index is 0.113. The van der Waals surface area contributed by atoms with Gasteiger partial charge in [-0.2, -0.15) is 0 Å². The van der Waals surface area contributed by atoms with Crippen molar-refractivity contribution in [2.45, 2.75) is 12.8 Å². The molecule has 0 saturated carbocycles. The molecule has 2 amide bonds. The molecule has 0 spiro atoms. The highest BCUT2D eigenvalue weighted by atomic mass is 16.2. The number of anilines is 1. The van der Waals surface area contributed by atoms with E-state index < -0.39 is 11.2 Å². The highest BCUT2D eigenvalue weighted by Crippen LogP contribution is 2.21. The molecule has 1 saturated heterocycles. The van der Waals surface area contributed by atoms with Crippen LogP contribution in [0.3, 0.4) is 0 Å². The van der Waals surface area contributed by atoms with Gasteiger partial charge in [-0.25, -0.2) is 9.36 Å². The Bertz CT molecular complexity index is 1510. The van der Waals surface area contributed by atoms with Crippen molar-refractivity contribution in [2.24, 2.45) is 5.92 Å². The molecule has 0 bridgehead atoms. The lowest BCUT2D eigenvalue weighted by atomic mass is 9.96. The number of hydrogen-bond acceptors (Lipinski definition) is 4. The Balaban J connectivity index is 1.38. The summed E-state index contributed by atoms with van der Waals surface area (Å²) >= 11 is 0. The van der Waals surface area contributed by atoms with Gasteiger partial charge in [-0.3, -0.25) is 14.4 Å². The lowest BCUT2D eigenvalue weighted by Crippen LogP contribution is -2.43. The van der Waals surface area contributed by atoms with E-state index in [1.165, 1.54) is 6.07 Å². The number of aromatic nitrogens is 2. The fourth-order valence-corrected chi connectivity index (χ4v) is 4.49. The van der Waals surface area contributed by atoms with Crippen LogP contribution in [-0.2, 0) is 4.79 Å². The van der Waals surface area contributed by atoms with Crippen LogP contribution in [0, 0.1) is 5.92 Å². The van der Waals surface area contributed by atoms with Crippen LogP contribution in [0.5, 0.6) is 0 Å². The third-order valence-electron chi connectivity index (χ3n) is 6.28. The summed E-state index contributed by atoms with van der Waals surface area (Å²) in [5.74, 6) is -0.665. The highest BCUT2D eigenvalue weighted by molar-refractivity contribution is 5.98. The predicted octanol–water partition coefficient (Wildman–Crippen LogP) is 3.17. The van der Waals surface area contributed by atoms with Crippen LogP contribution >= 0.6 is 0 Å². The monoisotopic (exact) mass is 468 g/mol. The first kappa shape index (κ1) is 22.3. The number of nitrogens with zero attached hydrogens (tertiary/aromatic N) is 2. The number of amides is 2. The number of piperidine rings is 1. The van der Waals surface area contributed by atoms with Gasteiger partial charge in [-0.1, -0.05) is 36.4 Å². The Morgan fingerprint density at radius 3 is 2.37 bits per heavy atom. The number of H-pyrrole nitrogens is 1. The minimum atomic E-state index is -0.575. The van der Waals surface area contributed by atoms with E-state index in [4.69, 9.17) is 0 Å². The summed E-state index contributed by atoms with van der Waals surface area (Å²) in [6, 6.07) is 22.6. The molecule has 176 valence electrons. The van der Waals surface area contributed by atoms with E-state index in [0.29, 0.717) is 48.1 Å². The van der Waals surface area contributed by atoms with Crippen LogP contribution in [0.25, 0.3) is 16.6 Å². The number of fused-ring (bicyclic) bond motifs is 1. The van der Waals surface area contributed by atoms with Crippen molar-refractivity contribution in [2.75, 3.05) is 18.4 Å². The summed E-state index contributed by atoms with van der Waals surface area (Å²) in [4.78, 5) is 56.0. The first-order valence-corrected chi connectivity index (χ1v) is 11.5. The van der Waals surface area contributed by atoms with Gasteiger partial charge >= 0.3 is 5.69 Å². The van der Waals surface area contributed by atoms with Gasteiger partial charge in [-0.05, 0) is 55.3 Å². The molecular formula is C27H24N4O4. The first-order valence-electron chi connectivity index (χ1n) is 11.5. The van der Waals surface area contributed by atoms with Crippen molar-refractivity contribution in [1.29, 1.82) is 0 Å². The maximum atomic E-state index is 13.2. The molecule has 1 atom stereocenters. The average molecular weight is 469 g/mol. The molecule has 3 aromatic carbocycles. The molecule has 0 unspecified atom stereocenters. The second-order valence-corrected chi connectivity index (χ2v) is 8.61. The number of hydrogen-bond donors (Lipinski definition) is 2. The Morgan fingerprint density at radius 1 is 0.914 bits per heavy atom. The molecule has 0 aliphatic carbocycles. The van der Waals surface area contributed by atoms with Crippen LogP contribution in [-0.4, -0.2) is 39.4 Å². The molecule has 0 radical (unpaired) electrons. The van der Waals surface area contributed by atoms with E-state index in [1.54, 1.807) is 47.4 Å². The number of rotatable bonds is 4. The fourth-order valence-electron chi connectivity index (χ4n) is 4.49. The summed E-state index contributed by atoms with van der Waals surface area (Å²) in [7, 11) is 0. The lowest BCUT2D eigenvalue weighted by molar-refractivity contribution is -0.121. The summed E-state index contributed by atoms with van der Waals surface area (Å²) in [6.45, 7) is 0.847. The van der Waals surface area contributed by atoms with Crippen molar-refractivity contribution >= 4 is 28.4 Å². The topological polar surface area (TPSA) is 104 Å². The molecule has 1 aromatic heterocycles. The van der Waals surface area contributed by atoms with E-state index in [0.717, 1.165) is 10.3 Å². The number of aromatic amines is 1. The zero-order valence-electron chi connectivity index (χ0n) is 18.9. The number of carbonyl (C=O) groups is 2. The van der Waals surface area contributed by atoms with Crippen molar-refractivity contribution in [3.8, 4) is 5.69 Å². The van der Waals surface area contributed by atoms with Crippen LogP contribution in [0.15, 0.2) is 88.5 Å². The maximum Gasteiger partial charge on any atom is 0.333 e. The largest absolute Gasteiger partial charge is 0.338 e. The van der Waals surface area contributed by atoms with Gasteiger partial charge in [0.25, 0.3) is 11.5 Å². The zero-order valence-corrected chi connectivity index (χ0v) is 18.9. The predicted molar refractivity (Wildman–Crippen MR) is 134 cm³/mol. The van der Waals surface area contributed by atoms with Gasteiger partial charge in [0.05, 0.1) is 22.5 Å². The average Bonchev–Trinajstić information content (AvgIpc) is 2.89. The molecule has 4 aromatic rings. The minimum Gasteiger partial charge on any atom is -0.338 e. The summed E-state index contributed by atoms with van der Waals surface area (Å²) < 4.78 is 1.07. The molecular weight excluding hydrogens is 444 g/mol. The molecule has 35 heavy (non-hydrogen) atoms. The number of likely N-dealkylation sites (tertiary alicyclic amines) is 1. The molecule has 8 heteroatoms. The van der Waals surface area contributed by atoms with Gasteiger partial charge in [-0.15, -0.1) is 0 Å². The first-order chi connectivity index (χ1) is 17.0. The number of carbonyl (C=O) groups excluding carboxylic acids is 2. The van der Waals surface area contributed by atoms with Gasteiger partial charge in [0.2, 0.25) is 5.91 Å². The third-order valence-corrected chi connectivity index (χ3v) is 6.28. The van der Waals surface area contributed by atoms with E-state index in [9.17, 15) is 19.2 Å². The quantitative estimate of drug-likeness (QED) is 0.480. The van der Waals surface area contributed by atoms with Gasteiger partial charge in [0.1, 0.15) is 0 Å². The van der Waals surface area contributed by atoms with Crippen molar-refractivity contribution < 1.29 is 9.59 Å². The second kappa shape index (κ2) is 9.42. The molecule has 1 aliphatic rings. The van der Waals surface area contributed by atoms with Crippen LogP contribution in [0.2, 0.25) is 0 Å². The summed E-state index contributed by atoms with van der Waals surface area (Å²) in [5, 5.41) is 3.22. The van der Waals surface area contributed by atoms with E-state index in [2.05, 4.69) is 10.3 Å². The van der Waals surface area contributed by atoms with E-state index in [-0.39, 0.29) is 17.7 Å². The van der Waals surface area contributed by atoms with Crippen LogP contribution in [0.4, 0.5) is 5.69 Å². The fraction of sp³-hybridized carbons (Fsp3) is 0.185. The molecule has 2 N–H and O–H groups in total. The molecule has 1 fully saturated rings. The number of para-hydroxylation sites is 2. The van der Waals surface area contributed by atoms with E-state index >= 15 is 0 Å². The normalized spacial score (nSPS) is 15.7. The van der Waals surface area contributed by atoms with E-state index in [1.807, 2.05) is 30.3 Å². The summed E-state index contributed by atoms with van der Waals surface area (Å²) in [5.41, 5.74) is 0.815. The van der Waals surface area contributed by atoms with Crippen LogP contribution in [0.1, 0.15) is 23.2 Å². The van der Waals surface area contributed by atoms with Crippen molar-refractivity contribution in [1.82, 2.24) is 14.5 Å². The van der Waals surface area contributed by atoms with Crippen molar-refractivity contribution in [3.63, 3.8) is 0 Å².